The molecule has 3 heterocycles. The summed E-state index contributed by atoms with van der Waals surface area (Å²) in [5.74, 6) is 0.783. The van der Waals surface area contributed by atoms with E-state index in [1.807, 2.05) is 25.4 Å². The molecule has 0 atom stereocenters. The van der Waals surface area contributed by atoms with Crippen LogP contribution in [0.3, 0.4) is 0 Å². The third kappa shape index (κ3) is 3.31. The number of benzene rings is 1. The number of aromatic nitrogens is 4. The van der Waals surface area contributed by atoms with Gasteiger partial charge in [-0.05, 0) is 36.4 Å². The highest BCUT2D eigenvalue weighted by Gasteiger charge is 2.12. The van der Waals surface area contributed by atoms with E-state index in [0.29, 0.717) is 10.7 Å². The van der Waals surface area contributed by atoms with Gasteiger partial charge in [0.05, 0.1) is 22.4 Å². The number of H-pyrrole nitrogens is 1. The summed E-state index contributed by atoms with van der Waals surface area (Å²) in [6, 6.07) is 10.7. The number of fused-ring (bicyclic) bond motifs is 1. The van der Waals surface area contributed by atoms with E-state index in [-0.39, 0.29) is 5.75 Å². The van der Waals surface area contributed by atoms with E-state index < -0.39 is 9.84 Å². The molecule has 1 aromatic carbocycles. The quantitative estimate of drug-likeness (QED) is 0.552. The topological polar surface area (TPSA) is 92.7 Å². The van der Waals surface area contributed by atoms with Crippen LogP contribution in [0.15, 0.2) is 59.9 Å². The average molecular weight is 381 g/mol. The number of pyridine rings is 1. The Hall–Kier alpha value is -3.13. The number of hydrogen-bond donors (Lipinski definition) is 2. The molecule has 0 aliphatic rings. The number of aromatic amines is 1. The Morgan fingerprint density at radius 3 is 2.63 bits per heavy atom. The van der Waals surface area contributed by atoms with Crippen LogP contribution in [0.1, 0.15) is 6.92 Å². The molecule has 0 aliphatic carbocycles. The molecule has 138 valence electrons. The van der Waals surface area contributed by atoms with E-state index in [2.05, 4.69) is 20.4 Å². The highest BCUT2D eigenvalue weighted by atomic mass is 32.2. The molecule has 8 heteroatoms. The van der Waals surface area contributed by atoms with Crippen LogP contribution in [0, 0.1) is 0 Å². The standard InChI is InChI=1S/C19H19N5O2S/c1-3-27(25,26)15-6-4-14(5-7-15)22-19-16-10-18(13-11-21-24(2)12-13)23-17(16)8-9-20-19/h4-12,23H,3H2,1-2H3,(H,20,22). The third-order valence-electron chi connectivity index (χ3n) is 4.42. The first-order chi connectivity index (χ1) is 13.0. The van der Waals surface area contributed by atoms with E-state index in [1.54, 1.807) is 48.3 Å². The lowest BCUT2D eigenvalue weighted by atomic mass is 10.2. The van der Waals surface area contributed by atoms with Gasteiger partial charge in [-0.25, -0.2) is 13.4 Å². The molecule has 4 aromatic rings. The second kappa shape index (κ2) is 6.55. The summed E-state index contributed by atoms with van der Waals surface area (Å²) in [7, 11) is -1.33. The van der Waals surface area contributed by atoms with E-state index in [4.69, 9.17) is 0 Å². The van der Waals surface area contributed by atoms with Crippen LogP contribution < -0.4 is 5.32 Å². The maximum Gasteiger partial charge on any atom is 0.178 e. The maximum absolute atomic E-state index is 11.9. The Kier molecular flexibility index (Phi) is 4.19. The van der Waals surface area contributed by atoms with Gasteiger partial charge >= 0.3 is 0 Å². The van der Waals surface area contributed by atoms with Crippen molar-refractivity contribution in [3.63, 3.8) is 0 Å². The highest BCUT2D eigenvalue weighted by molar-refractivity contribution is 7.91. The van der Waals surface area contributed by atoms with Crippen molar-refractivity contribution >= 4 is 32.2 Å². The van der Waals surface area contributed by atoms with Crippen LogP contribution in [-0.4, -0.2) is 33.9 Å². The van der Waals surface area contributed by atoms with Crippen molar-refractivity contribution < 1.29 is 8.42 Å². The predicted molar refractivity (Wildman–Crippen MR) is 106 cm³/mol. The van der Waals surface area contributed by atoms with Gasteiger partial charge in [0.25, 0.3) is 0 Å². The minimum absolute atomic E-state index is 0.0844. The first kappa shape index (κ1) is 17.3. The van der Waals surface area contributed by atoms with Gasteiger partial charge in [0.15, 0.2) is 9.84 Å². The molecule has 27 heavy (non-hydrogen) atoms. The number of hydrogen-bond acceptors (Lipinski definition) is 5. The first-order valence-electron chi connectivity index (χ1n) is 8.53. The highest BCUT2D eigenvalue weighted by Crippen LogP contribution is 2.29. The number of anilines is 2. The van der Waals surface area contributed by atoms with Gasteiger partial charge < -0.3 is 10.3 Å². The predicted octanol–water partition coefficient (Wildman–Crippen LogP) is 3.50. The zero-order valence-electron chi connectivity index (χ0n) is 15.0. The van der Waals surface area contributed by atoms with Gasteiger partial charge in [-0.15, -0.1) is 0 Å². The lowest BCUT2D eigenvalue weighted by molar-refractivity contribution is 0.597. The third-order valence-corrected chi connectivity index (χ3v) is 6.17. The van der Waals surface area contributed by atoms with Gasteiger partial charge in [0.1, 0.15) is 5.82 Å². The minimum Gasteiger partial charge on any atom is -0.354 e. The molecule has 0 radical (unpaired) electrons. The lowest BCUT2D eigenvalue weighted by Crippen LogP contribution is -2.03. The number of rotatable bonds is 5. The molecule has 7 nitrogen and oxygen atoms in total. The zero-order valence-corrected chi connectivity index (χ0v) is 15.8. The molecule has 0 fully saturated rings. The van der Waals surface area contributed by atoms with E-state index >= 15 is 0 Å². The number of aryl methyl sites for hydroxylation is 1. The van der Waals surface area contributed by atoms with Gasteiger partial charge in [0.2, 0.25) is 0 Å². The van der Waals surface area contributed by atoms with Crippen LogP contribution in [0.25, 0.3) is 22.2 Å². The number of nitrogens with one attached hydrogen (secondary N) is 2. The van der Waals surface area contributed by atoms with Crippen molar-refractivity contribution in [3.8, 4) is 11.3 Å². The van der Waals surface area contributed by atoms with Crippen molar-refractivity contribution in [1.29, 1.82) is 0 Å². The summed E-state index contributed by atoms with van der Waals surface area (Å²) in [6.45, 7) is 1.64. The van der Waals surface area contributed by atoms with E-state index in [1.165, 1.54) is 0 Å². The molecule has 0 saturated heterocycles. The van der Waals surface area contributed by atoms with Gasteiger partial charge in [-0.3, -0.25) is 4.68 Å². The summed E-state index contributed by atoms with van der Waals surface area (Å²) in [5.41, 5.74) is 3.68. The molecular weight excluding hydrogens is 362 g/mol. The fourth-order valence-electron chi connectivity index (χ4n) is 2.92. The fraction of sp³-hybridized carbons (Fsp3) is 0.158. The van der Waals surface area contributed by atoms with Crippen molar-refractivity contribution in [2.75, 3.05) is 11.1 Å². The summed E-state index contributed by atoms with van der Waals surface area (Å²) < 4.78 is 25.6. The van der Waals surface area contributed by atoms with Crippen LogP contribution >= 0.6 is 0 Å². The Balaban J connectivity index is 1.67. The van der Waals surface area contributed by atoms with Crippen molar-refractivity contribution in [2.45, 2.75) is 11.8 Å². The molecule has 0 spiro atoms. The van der Waals surface area contributed by atoms with Crippen molar-refractivity contribution in [1.82, 2.24) is 19.7 Å². The fourth-order valence-corrected chi connectivity index (χ4v) is 3.80. The van der Waals surface area contributed by atoms with Gasteiger partial charge in [-0.2, -0.15) is 5.10 Å². The number of sulfone groups is 1. The monoisotopic (exact) mass is 381 g/mol. The Bertz CT molecular complexity index is 1210. The molecule has 3 aromatic heterocycles. The second-order valence-electron chi connectivity index (χ2n) is 6.26. The van der Waals surface area contributed by atoms with Crippen molar-refractivity contribution in [2.24, 2.45) is 7.05 Å². The lowest BCUT2D eigenvalue weighted by Gasteiger charge is -2.08. The van der Waals surface area contributed by atoms with E-state index in [0.717, 1.165) is 27.8 Å². The Morgan fingerprint density at radius 2 is 1.96 bits per heavy atom. The Morgan fingerprint density at radius 1 is 1.19 bits per heavy atom. The van der Waals surface area contributed by atoms with Crippen LogP contribution in [0.5, 0.6) is 0 Å². The van der Waals surface area contributed by atoms with Gasteiger partial charge in [-0.1, -0.05) is 6.92 Å². The van der Waals surface area contributed by atoms with Crippen LogP contribution in [0.2, 0.25) is 0 Å². The van der Waals surface area contributed by atoms with Crippen LogP contribution in [-0.2, 0) is 16.9 Å². The summed E-state index contributed by atoms with van der Waals surface area (Å²) >= 11 is 0. The molecule has 0 bridgehead atoms. The summed E-state index contributed by atoms with van der Waals surface area (Å²) in [4.78, 5) is 8.13. The molecule has 0 saturated carbocycles. The molecule has 2 N–H and O–H groups in total. The largest absolute Gasteiger partial charge is 0.354 e. The second-order valence-corrected chi connectivity index (χ2v) is 8.54. The summed E-state index contributed by atoms with van der Waals surface area (Å²) in [6.07, 6.45) is 5.47. The SMILES string of the molecule is CCS(=O)(=O)c1ccc(Nc2nccc3[nH]c(-c4cnn(C)c4)cc23)cc1. The smallest absolute Gasteiger partial charge is 0.178 e. The first-order valence-corrected chi connectivity index (χ1v) is 10.2. The normalized spacial score (nSPS) is 11.8. The van der Waals surface area contributed by atoms with E-state index in [9.17, 15) is 8.42 Å². The molecular formula is C19H19N5O2S. The van der Waals surface area contributed by atoms with Crippen molar-refractivity contribution in [3.05, 3.63) is 55.0 Å². The maximum atomic E-state index is 11.9. The molecule has 0 unspecified atom stereocenters. The Labute approximate surface area is 157 Å². The molecule has 4 rings (SSSR count). The van der Waals surface area contributed by atoms with Crippen LogP contribution in [0.4, 0.5) is 11.5 Å². The van der Waals surface area contributed by atoms with Gasteiger partial charge in [0, 0.05) is 41.8 Å². The number of nitrogens with zero attached hydrogens (tertiary/aromatic N) is 3. The zero-order chi connectivity index (χ0) is 19.0. The molecule has 0 amide bonds. The minimum atomic E-state index is -3.20. The molecule has 0 aliphatic heterocycles. The summed E-state index contributed by atoms with van der Waals surface area (Å²) in [5, 5.41) is 8.42. The average Bonchev–Trinajstić information content (AvgIpc) is 3.29.